The molecule has 2 rings (SSSR count). The van der Waals surface area contributed by atoms with Gasteiger partial charge in [-0.3, -0.25) is 0 Å². The summed E-state index contributed by atoms with van der Waals surface area (Å²) in [5.41, 5.74) is 8.81. The molecule has 92 valence electrons. The van der Waals surface area contributed by atoms with Gasteiger partial charge in [-0.25, -0.2) is 9.67 Å². The monoisotopic (exact) mass is 232 g/mol. The first-order chi connectivity index (χ1) is 8.26. The van der Waals surface area contributed by atoms with E-state index in [4.69, 9.17) is 5.73 Å². The van der Waals surface area contributed by atoms with Crippen LogP contribution in [0.5, 0.6) is 0 Å². The first-order valence-corrected chi connectivity index (χ1v) is 6.28. The van der Waals surface area contributed by atoms with E-state index in [0.717, 1.165) is 36.1 Å². The Labute approximate surface area is 102 Å². The lowest BCUT2D eigenvalue weighted by molar-refractivity contribution is 0.580. The number of hydrogen-bond donors (Lipinski definition) is 1. The van der Waals surface area contributed by atoms with Gasteiger partial charge in [-0.1, -0.05) is 13.3 Å². The lowest BCUT2D eigenvalue weighted by Gasteiger charge is -2.02. The van der Waals surface area contributed by atoms with Gasteiger partial charge in [0.2, 0.25) is 0 Å². The van der Waals surface area contributed by atoms with Gasteiger partial charge in [-0.05, 0) is 37.9 Å². The van der Waals surface area contributed by atoms with E-state index in [2.05, 4.69) is 23.1 Å². The van der Waals surface area contributed by atoms with Crippen molar-refractivity contribution in [1.82, 2.24) is 14.8 Å². The summed E-state index contributed by atoms with van der Waals surface area (Å²) >= 11 is 0. The predicted octanol–water partition coefficient (Wildman–Crippen LogP) is 2.04. The van der Waals surface area contributed by atoms with E-state index in [1.165, 1.54) is 12.0 Å². The quantitative estimate of drug-likeness (QED) is 0.858. The van der Waals surface area contributed by atoms with Gasteiger partial charge in [-0.15, -0.1) is 0 Å². The van der Waals surface area contributed by atoms with Crippen LogP contribution in [-0.4, -0.2) is 21.3 Å². The zero-order valence-electron chi connectivity index (χ0n) is 10.6. The van der Waals surface area contributed by atoms with Crippen LogP contribution >= 0.6 is 0 Å². The number of aromatic nitrogens is 3. The van der Waals surface area contributed by atoms with Crippen LogP contribution in [0.3, 0.4) is 0 Å². The van der Waals surface area contributed by atoms with Crippen LogP contribution in [0, 0.1) is 6.92 Å². The van der Waals surface area contributed by atoms with Crippen LogP contribution in [0.4, 0.5) is 0 Å². The Morgan fingerprint density at radius 3 is 2.94 bits per heavy atom. The second-order valence-corrected chi connectivity index (χ2v) is 4.42. The van der Waals surface area contributed by atoms with E-state index >= 15 is 0 Å². The zero-order valence-corrected chi connectivity index (χ0v) is 10.6. The number of pyridine rings is 1. The molecule has 0 aromatic carbocycles. The zero-order chi connectivity index (χ0) is 12.3. The molecular formula is C13H20N4. The van der Waals surface area contributed by atoms with Gasteiger partial charge >= 0.3 is 0 Å². The molecule has 0 aliphatic carbocycles. The van der Waals surface area contributed by atoms with Crippen LogP contribution in [-0.2, 0) is 13.0 Å². The maximum atomic E-state index is 5.56. The highest BCUT2D eigenvalue weighted by Crippen LogP contribution is 2.18. The van der Waals surface area contributed by atoms with Crippen LogP contribution in [0.25, 0.3) is 11.0 Å². The summed E-state index contributed by atoms with van der Waals surface area (Å²) in [4.78, 5) is 4.52. The number of rotatable bonds is 5. The van der Waals surface area contributed by atoms with Crippen molar-refractivity contribution < 1.29 is 0 Å². The van der Waals surface area contributed by atoms with Crippen molar-refractivity contribution in [2.24, 2.45) is 5.73 Å². The van der Waals surface area contributed by atoms with Gasteiger partial charge in [0, 0.05) is 18.1 Å². The number of nitrogens with zero attached hydrogens (tertiary/aromatic N) is 3. The SMILES string of the molecule is CCCCn1nc(C)c2cc(CCN)cnc21. The van der Waals surface area contributed by atoms with Crippen molar-refractivity contribution in [3.8, 4) is 0 Å². The number of nitrogens with two attached hydrogens (primary N) is 1. The van der Waals surface area contributed by atoms with E-state index in [9.17, 15) is 0 Å². The normalized spacial score (nSPS) is 11.2. The number of aryl methyl sites for hydroxylation is 2. The molecule has 2 heterocycles. The molecule has 0 saturated heterocycles. The fourth-order valence-corrected chi connectivity index (χ4v) is 2.02. The third-order valence-corrected chi connectivity index (χ3v) is 2.98. The Hall–Kier alpha value is -1.42. The molecule has 2 N–H and O–H groups in total. The summed E-state index contributed by atoms with van der Waals surface area (Å²) < 4.78 is 2.01. The minimum atomic E-state index is 0.663. The topological polar surface area (TPSA) is 56.7 Å². The molecule has 4 heteroatoms. The second kappa shape index (κ2) is 5.27. The summed E-state index contributed by atoms with van der Waals surface area (Å²) in [5.74, 6) is 0. The Balaban J connectivity index is 2.38. The van der Waals surface area contributed by atoms with Crippen LogP contribution < -0.4 is 5.73 Å². The summed E-state index contributed by atoms with van der Waals surface area (Å²) in [6, 6.07) is 2.17. The lowest BCUT2D eigenvalue weighted by atomic mass is 10.1. The van der Waals surface area contributed by atoms with E-state index in [0.29, 0.717) is 6.54 Å². The van der Waals surface area contributed by atoms with Crippen molar-refractivity contribution in [2.45, 2.75) is 39.7 Å². The lowest BCUT2D eigenvalue weighted by Crippen LogP contribution is -2.04. The summed E-state index contributed by atoms with van der Waals surface area (Å²) in [6.07, 6.45) is 5.11. The van der Waals surface area contributed by atoms with E-state index in [-0.39, 0.29) is 0 Å². The highest BCUT2D eigenvalue weighted by Gasteiger charge is 2.08. The fourth-order valence-electron chi connectivity index (χ4n) is 2.02. The summed E-state index contributed by atoms with van der Waals surface area (Å²) in [5, 5.41) is 5.71. The molecule has 0 unspecified atom stereocenters. The van der Waals surface area contributed by atoms with E-state index in [1.54, 1.807) is 0 Å². The van der Waals surface area contributed by atoms with Crippen molar-refractivity contribution in [3.63, 3.8) is 0 Å². The second-order valence-electron chi connectivity index (χ2n) is 4.42. The number of hydrogen-bond acceptors (Lipinski definition) is 3. The number of unbranched alkanes of at least 4 members (excludes halogenated alkanes) is 1. The average molecular weight is 232 g/mol. The molecule has 0 bridgehead atoms. The maximum absolute atomic E-state index is 5.56. The minimum absolute atomic E-state index is 0.663. The van der Waals surface area contributed by atoms with Crippen molar-refractivity contribution in [1.29, 1.82) is 0 Å². The molecule has 17 heavy (non-hydrogen) atoms. The van der Waals surface area contributed by atoms with Crippen molar-refractivity contribution >= 4 is 11.0 Å². The first-order valence-electron chi connectivity index (χ1n) is 6.28. The van der Waals surface area contributed by atoms with Crippen molar-refractivity contribution in [3.05, 3.63) is 23.5 Å². The smallest absolute Gasteiger partial charge is 0.157 e. The molecule has 0 aliphatic heterocycles. The van der Waals surface area contributed by atoms with Gasteiger partial charge in [-0.2, -0.15) is 5.10 Å². The third-order valence-electron chi connectivity index (χ3n) is 2.98. The van der Waals surface area contributed by atoms with Crippen molar-refractivity contribution in [2.75, 3.05) is 6.54 Å². The minimum Gasteiger partial charge on any atom is -0.330 e. The van der Waals surface area contributed by atoms with Gasteiger partial charge in [0.05, 0.1) is 5.69 Å². The third kappa shape index (κ3) is 2.47. The molecule has 0 fully saturated rings. The van der Waals surface area contributed by atoms with Gasteiger partial charge in [0.15, 0.2) is 5.65 Å². The van der Waals surface area contributed by atoms with Crippen LogP contribution in [0.15, 0.2) is 12.3 Å². The highest BCUT2D eigenvalue weighted by molar-refractivity contribution is 5.78. The van der Waals surface area contributed by atoms with E-state index in [1.807, 2.05) is 17.8 Å². The average Bonchev–Trinajstić information content (AvgIpc) is 2.64. The Morgan fingerprint density at radius 1 is 1.41 bits per heavy atom. The van der Waals surface area contributed by atoms with Gasteiger partial charge in [0.25, 0.3) is 0 Å². The molecule has 0 atom stereocenters. The van der Waals surface area contributed by atoms with E-state index < -0.39 is 0 Å². The molecule has 2 aromatic rings. The Bertz CT molecular complexity index is 501. The largest absolute Gasteiger partial charge is 0.330 e. The van der Waals surface area contributed by atoms with Crippen LogP contribution in [0.1, 0.15) is 31.0 Å². The standard InChI is InChI=1S/C13H20N4/c1-3-4-7-17-13-12(10(2)16-17)8-11(5-6-14)9-15-13/h8-9H,3-7,14H2,1-2H3. The van der Waals surface area contributed by atoms with Gasteiger partial charge in [0.1, 0.15) is 0 Å². The highest BCUT2D eigenvalue weighted by atomic mass is 15.3. The Kier molecular flexibility index (Phi) is 3.74. The Morgan fingerprint density at radius 2 is 2.24 bits per heavy atom. The molecular weight excluding hydrogens is 212 g/mol. The molecule has 0 amide bonds. The molecule has 4 nitrogen and oxygen atoms in total. The summed E-state index contributed by atoms with van der Waals surface area (Å²) in [6.45, 7) is 5.84. The predicted molar refractivity (Wildman–Crippen MR) is 69.9 cm³/mol. The first kappa shape index (κ1) is 12.0. The summed E-state index contributed by atoms with van der Waals surface area (Å²) in [7, 11) is 0. The fraction of sp³-hybridized carbons (Fsp3) is 0.538. The molecule has 0 radical (unpaired) electrons. The maximum Gasteiger partial charge on any atom is 0.157 e. The van der Waals surface area contributed by atoms with Crippen LogP contribution in [0.2, 0.25) is 0 Å². The molecule has 0 aliphatic rings. The van der Waals surface area contributed by atoms with Gasteiger partial charge < -0.3 is 5.73 Å². The molecule has 0 spiro atoms. The number of fused-ring (bicyclic) bond motifs is 1. The molecule has 0 saturated carbocycles. The molecule has 2 aromatic heterocycles.